The van der Waals surface area contributed by atoms with E-state index in [9.17, 15) is 22.4 Å². The molecule has 9 heteroatoms. The molecule has 1 fully saturated rings. The molecule has 0 bridgehead atoms. The van der Waals surface area contributed by atoms with E-state index >= 15 is 0 Å². The molecule has 1 N–H and O–H groups in total. The number of anilines is 1. The first-order valence-electron chi connectivity index (χ1n) is 13.1. The molecule has 0 heterocycles. The summed E-state index contributed by atoms with van der Waals surface area (Å²) in [4.78, 5) is 28.4. The zero-order valence-electron chi connectivity index (χ0n) is 22.2. The maximum Gasteiger partial charge on any atom is 0.264 e. The average Bonchev–Trinajstić information content (AvgIpc) is 3.43. The highest BCUT2D eigenvalue weighted by atomic mass is 32.2. The average molecular weight is 552 g/mol. The first-order valence-corrected chi connectivity index (χ1v) is 14.6. The summed E-state index contributed by atoms with van der Waals surface area (Å²) in [7, 11) is -4.23. The minimum absolute atomic E-state index is 0.0792. The Morgan fingerprint density at radius 2 is 1.64 bits per heavy atom. The Hall–Kier alpha value is -3.72. The van der Waals surface area contributed by atoms with E-state index in [0.717, 1.165) is 53.2 Å². The number of nitrogens with zero attached hydrogens (tertiary/aromatic N) is 2. The van der Waals surface area contributed by atoms with E-state index in [4.69, 9.17) is 0 Å². The van der Waals surface area contributed by atoms with Crippen LogP contribution in [0.1, 0.15) is 43.7 Å². The third-order valence-corrected chi connectivity index (χ3v) is 8.82. The van der Waals surface area contributed by atoms with Crippen molar-refractivity contribution in [2.24, 2.45) is 0 Å². The fraction of sp³-hybridized carbons (Fsp3) is 0.333. The summed E-state index contributed by atoms with van der Waals surface area (Å²) in [5.41, 5.74) is 2.12. The molecule has 1 aliphatic carbocycles. The maximum atomic E-state index is 13.9. The summed E-state index contributed by atoms with van der Waals surface area (Å²) in [6.07, 6.45) is 3.92. The topological polar surface area (TPSA) is 86.8 Å². The first kappa shape index (κ1) is 28.3. The molecule has 3 aromatic rings. The second-order valence-corrected chi connectivity index (χ2v) is 11.8. The van der Waals surface area contributed by atoms with E-state index in [1.165, 1.54) is 17.0 Å². The van der Waals surface area contributed by atoms with Crippen molar-refractivity contribution < 1.29 is 22.4 Å². The van der Waals surface area contributed by atoms with Gasteiger partial charge in [-0.25, -0.2) is 12.8 Å². The number of halogens is 1. The van der Waals surface area contributed by atoms with E-state index in [1.807, 2.05) is 31.2 Å². The van der Waals surface area contributed by atoms with Crippen molar-refractivity contribution in [3.8, 4) is 0 Å². The third kappa shape index (κ3) is 7.03. The van der Waals surface area contributed by atoms with E-state index in [1.54, 1.807) is 37.3 Å². The van der Waals surface area contributed by atoms with Gasteiger partial charge in [0.25, 0.3) is 10.0 Å². The van der Waals surface area contributed by atoms with Gasteiger partial charge in [-0.1, -0.05) is 60.9 Å². The number of benzene rings is 3. The number of hydrogen-bond donors (Lipinski definition) is 1. The van der Waals surface area contributed by atoms with Crippen LogP contribution in [0, 0.1) is 12.7 Å². The van der Waals surface area contributed by atoms with Gasteiger partial charge in [0.15, 0.2) is 0 Å². The van der Waals surface area contributed by atoms with Gasteiger partial charge in [-0.3, -0.25) is 13.9 Å². The van der Waals surface area contributed by atoms with Crippen LogP contribution in [0.25, 0.3) is 0 Å². The highest BCUT2D eigenvalue weighted by molar-refractivity contribution is 7.92. The number of sulfonamides is 1. The number of carbonyl (C=O) groups excluding carboxylic acids is 2. The maximum absolute atomic E-state index is 13.9. The minimum atomic E-state index is -4.23. The molecule has 0 unspecified atom stereocenters. The highest BCUT2D eigenvalue weighted by Crippen LogP contribution is 2.25. The number of carbonyl (C=O) groups is 2. The number of amides is 2. The minimum Gasteiger partial charge on any atom is -0.352 e. The Bertz CT molecular complexity index is 1390. The lowest BCUT2D eigenvalue weighted by Gasteiger charge is -2.32. The number of rotatable bonds is 10. The first-order chi connectivity index (χ1) is 18.6. The van der Waals surface area contributed by atoms with Crippen LogP contribution >= 0.6 is 0 Å². The Morgan fingerprint density at radius 1 is 0.974 bits per heavy atom. The van der Waals surface area contributed by atoms with Crippen molar-refractivity contribution in [1.29, 1.82) is 0 Å². The summed E-state index contributed by atoms with van der Waals surface area (Å²) in [6.45, 7) is 3.22. The van der Waals surface area contributed by atoms with Gasteiger partial charge in [0.05, 0.1) is 10.6 Å². The van der Waals surface area contributed by atoms with Gasteiger partial charge in [0.2, 0.25) is 11.8 Å². The number of hydrogen-bond acceptors (Lipinski definition) is 4. The molecule has 1 saturated carbocycles. The lowest BCUT2D eigenvalue weighted by atomic mass is 10.1. The predicted molar refractivity (Wildman–Crippen MR) is 149 cm³/mol. The molecule has 7 nitrogen and oxygen atoms in total. The van der Waals surface area contributed by atoms with Gasteiger partial charge < -0.3 is 10.2 Å². The van der Waals surface area contributed by atoms with Gasteiger partial charge in [0.1, 0.15) is 18.4 Å². The van der Waals surface area contributed by atoms with Gasteiger partial charge in [-0.15, -0.1) is 0 Å². The lowest BCUT2D eigenvalue weighted by molar-refractivity contribution is -0.139. The van der Waals surface area contributed by atoms with Crippen molar-refractivity contribution in [3.05, 3.63) is 95.8 Å². The summed E-state index contributed by atoms with van der Waals surface area (Å²) in [5.74, 6) is -1.36. The highest BCUT2D eigenvalue weighted by Gasteiger charge is 2.33. The van der Waals surface area contributed by atoms with Crippen molar-refractivity contribution in [2.45, 2.75) is 63.1 Å². The molecule has 1 atom stereocenters. The molecule has 0 saturated heterocycles. The van der Waals surface area contributed by atoms with Crippen molar-refractivity contribution >= 4 is 27.5 Å². The van der Waals surface area contributed by atoms with Gasteiger partial charge in [-0.2, -0.15) is 0 Å². The summed E-state index contributed by atoms with van der Waals surface area (Å²) in [5, 5.41) is 3.06. The second kappa shape index (κ2) is 12.4. The SMILES string of the molecule is Cc1cccc(CN(C(=O)CN(c2ccccc2)S(=O)(=O)c2ccc(F)cc2)[C@H](C)C(=O)NC2CCCC2)c1. The van der Waals surface area contributed by atoms with Crippen LogP contribution in [0.5, 0.6) is 0 Å². The van der Waals surface area contributed by atoms with Crippen molar-refractivity contribution in [3.63, 3.8) is 0 Å². The van der Waals surface area contributed by atoms with Gasteiger partial charge in [0, 0.05) is 12.6 Å². The molecule has 2 amide bonds. The molecule has 0 radical (unpaired) electrons. The monoisotopic (exact) mass is 551 g/mol. The van der Waals surface area contributed by atoms with Crippen LogP contribution < -0.4 is 9.62 Å². The van der Waals surface area contributed by atoms with Crippen molar-refractivity contribution in [1.82, 2.24) is 10.2 Å². The van der Waals surface area contributed by atoms with E-state index in [0.29, 0.717) is 0 Å². The van der Waals surface area contributed by atoms with Crippen LogP contribution in [0.4, 0.5) is 10.1 Å². The summed E-state index contributed by atoms with van der Waals surface area (Å²) in [6, 6.07) is 19.6. The number of nitrogens with one attached hydrogen (secondary N) is 1. The van der Waals surface area contributed by atoms with Crippen LogP contribution in [-0.4, -0.2) is 43.8 Å². The van der Waals surface area contributed by atoms with E-state index in [2.05, 4.69) is 5.32 Å². The lowest BCUT2D eigenvalue weighted by Crippen LogP contribution is -2.52. The van der Waals surface area contributed by atoms with Gasteiger partial charge in [-0.05, 0) is 68.7 Å². The van der Waals surface area contributed by atoms with Crippen LogP contribution in [-0.2, 0) is 26.2 Å². The fourth-order valence-corrected chi connectivity index (χ4v) is 6.25. The molecule has 0 spiro atoms. The normalized spacial score (nSPS) is 14.5. The molecule has 1 aliphatic rings. The fourth-order valence-electron chi connectivity index (χ4n) is 4.84. The number of aryl methyl sites for hydroxylation is 1. The Kier molecular flexibility index (Phi) is 9.01. The predicted octanol–water partition coefficient (Wildman–Crippen LogP) is 4.81. The van der Waals surface area contributed by atoms with E-state index in [-0.39, 0.29) is 29.1 Å². The Balaban J connectivity index is 1.66. The largest absolute Gasteiger partial charge is 0.352 e. The van der Waals surface area contributed by atoms with Crippen LogP contribution in [0.3, 0.4) is 0 Å². The zero-order valence-corrected chi connectivity index (χ0v) is 23.0. The smallest absolute Gasteiger partial charge is 0.264 e. The molecule has 39 heavy (non-hydrogen) atoms. The molecule has 0 aromatic heterocycles. The molecular weight excluding hydrogens is 517 g/mol. The van der Waals surface area contributed by atoms with Gasteiger partial charge >= 0.3 is 0 Å². The summed E-state index contributed by atoms with van der Waals surface area (Å²) >= 11 is 0. The second-order valence-electron chi connectivity index (χ2n) is 9.98. The van der Waals surface area contributed by atoms with E-state index < -0.39 is 34.3 Å². The quantitative estimate of drug-likeness (QED) is 0.392. The Morgan fingerprint density at radius 3 is 2.28 bits per heavy atom. The molecule has 4 rings (SSSR count). The third-order valence-electron chi connectivity index (χ3n) is 7.03. The van der Waals surface area contributed by atoms with Crippen LogP contribution in [0.15, 0.2) is 83.8 Å². The molecular formula is C30H34FN3O4S. The standard InChI is InChI=1S/C30H34FN3O4S/c1-22-9-8-10-24(19-22)20-33(23(2)30(36)32-26-11-6-7-12-26)29(35)21-34(27-13-4-3-5-14-27)39(37,38)28-17-15-25(31)16-18-28/h3-5,8-10,13-19,23,26H,6-7,11-12,20-21H2,1-2H3,(H,32,36)/t23-/m1/s1. The zero-order chi connectivity index (χ0) is 28.0. The summed E-state index contributed by atoms with van der Waals surface area (Å²) < 4.78 is 41.9. The number of para-hydroxylation sites is 1. The molecule has 206 valence electrons. The van der Waals surface area contributed by atoms with Crippen molar-refractivity contribution in [2.75, 3.05) is 10.8 Å². The molecule has 3 aromatic carbocycles. The van der Waals surface area contributed by atoms with Crippen LogP contribution in [0.2, 0.25) is 0 Å². The Labute approximate surface area is 229 Å². The molecule has 0 aliphatic heterocycles.